The molecule has 0 saturated heterocycles. The molecule has 5 nitrogen and oxygen atoms in total. The molecule has 1 aromatic heterocycles. The van der Waals surface area contributed by atoms with Crippen LogP contribution < -0.4 is 16.0 Å². The Morgan fingerprint density at radius 3 is 2.54 bits per heavy atom. The van der Waals surface area contributed by atoms with Gasteiger partial charge in [-0.3, -0.25) is 9.79 Å². The Morgan fingerprint density at radius 1 is 1.15 bits per heavy atom. The number of carbonyl (C=O) groups excluding carboxylic acids is 1. The van der Waals surface area contributed by atoms with E-state index in [1.807, 2.05) is 31.2 Å². The highest BCUT2D eigenvalue weighted by Gasteiger charge is 2.07. The first kappa shape index (κ1) is 20.0. The molecule has 1 atom stereocenters. The molecule has 1 amide bonds. The van der Waals surface area contributed by atoms with Gasteiger partial charge < -0.3 is 16.0 Å². The Hall–Kier alpha value is -2.34. The highest BCUT2D eigenvalue weighted by atomic mass is 32.1. The van der Waals surface area contributed by atoms with Crippen LogP contribution >= 0.6 is 11.3 Å². The molecular formula is C20H28N4OS. The van der Waals surface area contributed by atoms with Gasteiger partial charge in [-0.05, 0) is 48.4 Å². The summed E-state index contributed by atoms with van der Waals surface area (Å²) >= 11 is 1.80. The van der Waals surface area contributed by atoms with E-state index in [9.17, 15) is 4.79 Å². The molecule has 0 aliphatic rings. The molecule has 3 N–H and O–H groups in total. The lowest BCUT2D eigenvalue weighted by Crippen LogP contribution is -2.39. The summed E-state index contributed by atoms with van der Waals surface area (Å²) in [5.41, 5.74) is 1.79. The minimum absolute atomic E-state index is 0.0378. The third-order valence-corrected chi connectivity index (χ3v) is 4.88. The Balaban J connectivity index is 1.76. The molecule has 0 aliphatic heterocycles. The average molecular weight is 373 g/mol. The lowest BCUT2D eigenvalue weighted by Gasteiger charge is -2.15. The molecule has 1 unspecified atom stereocenters. The predicted octanol–water partition coefficient (Wildman–Crippen LogP) is 3.04. The molecular weight excluding hydrogens is 344 g/mol. The van der Waals surface area contributed by atoms with E-state index in [2.05, 4.69) is 45.4 Å². The molecule has 1 aromatic carbocycles. The van der Waals surface area contributed by atoms with Gasteiger partial charge in [0.25, 0.3) is 5.91 Å². The van der Waals surface area contributed by atoms with Crippen LogP contribution in [0.3, 0.4) is 0 Å². The Bertz CT molecular complexity index is 695. The lowest BCUT2D eigenvalue weighted by molar-refractivity contribution is 0.0956. The predicted molar refractivity (Wildman–Crippen MR) is 110 cm³/mol. The molecule has 0 aliphatic carbocycles. The fourth-order valence-electron chi connectivity index (χ4n) is 2.56. The number of nitrogens with zero attached hydrogens (tertiary/aromatic N) is 1. The fourth-order valence-corrected chi connectivity index (χ4v) is 3.43. The monoisotopic (exact) mass is 372 g/mol. The zero-order valence-corrected chi connectivity index (χ0v) is 16.5. The molecule has 0 bridgehead atoms. The van der Waals surface area contributed by atoms with Crippen molar-refractivity contribution in [1.29, 1.82) is 0 Å². The van der Waals surface area contributed by atoms with Gasteiger partial charge in [0.1, 0.15) is 0 Å². The number of carbonyl (C=O) groups is 1. The van der Waals surface area contributed by atoms with Crippen LogP contribution in [-0.2, 0) is 13.0 Å². The number of hydrogen-bond acceptors (Lipinski definition) is 3. The van der Waals surface area contributed by atoms with Crippen LogP contribution in [0.15, 0.2) is 46.8 Å². The normalized spacial score (nSPS) is 12.5. The van der Waals surface area contributed by atoms with E-state index in [4.69, 9.17) is 0 Å². The molecule has 1 heterocycles. The van der Waals surface area contributed by atoms with Crippen molar-refractivity contribution in [3.8, 4) is 0 Å². The Morgan fingerprint density at radius 2 is 1.92 bits per heavy atom. The minimum Gasteiger partial charge on any atom is -0.356 e. The van der Waals surface area contributed by atoms with Gasteiger partial charge in [-0.25, -0.2) is 0 Å². The molecule has 0 radical (unpaired) electrons. The first-order chi connectivity index (χ1) is 12.6. The van der Waals surface area contributed by atoms with E-state index in [0.29, 0.717) is 24.6 Å². The summed E-state index contributed by atoms with van der Waals surface area (Å²) in [4.78, 5) is 17.5. The van der Waals surface area contributed by atoms with Gasteiger partial charge in [0.2, 0.25) is 0 Å². The maximum atomic E-state index is 11.8. The van der Waals surface area contributed by atoms with Crippen molar-refractivity contribution in [3.63, 3.8) is 0 Å². The smallest absolute Gasteiger partial charge is 0.251 e. The van der Waals surface area contributed by atoms with Crippen LogP contribution in [-0.4, -0.2) is 32.0 Å². The van der Waals surface area contributed by atoms with Gasteiger partial charge in [0.15, 0.2) is 5.96 Å². The zero-order chi connectivity index (χ0) is 18.8. The van der Waals surface area contributed by atoms with Crippen LogP contribution in [0.4, 0.5) is 0 Å². The van der Waals surface area contributed by atoms with Crippen molar-refractivity contribution < 1.29 is 4.79 Å². The Kier molecular flexibility index (Phi) is 8.15. The first-order valence-corrected chi connectivity index (χ1v) is 9.84. The quantitative estimate of drug-likeness (QED) is 0.493. The van der Waals surface area contributed by atoms with Gasteiger partial charge in [-0.1, -0.05) is 25.1 Å². The van der Waals surface area contributed by atoms with Crippen LogP contribution in [0, 0.1) is 5.92 Å². The summed E-state index contributed by atoms with van der Waals surface area (Å²) in [6, 6.07) is 11.9. The van der Waals surface area contributed by atoms with Gasteiger partial charge in [0, 0.05) is 37.1 Å². The van der Waals surface area contributed by atoms with Gasteiger partial charge >= 0.3 is 0 Å². The molecule has 26 heavy (non-hydrogen) atoms. The fraction of sp³-hybridized carbons (Fsp3) is 0.400. The highest BCUT2D eigenvalue weighted by Crippen LogP contribution is 2.13. The molecule has 0 fully saturated rings. The summed E-state index contributed by atoms with van der Waals surface area (Å²) in [6.07, 6.45) is 1.07. The number of nitrogens with one attached hydrogen (secondary N) is 3. The maximum Gasteiger partial charge on any atom is 0.251 e. The minimum atomic E-state index is -0.0378. The number of amides is 1. The third kappa shape index (κ3) is 6.52. The van der Waals surface area contributed by atoms with Gasteiger partial charge in [0.05, 0.1) is 0 Å². The summed E-state index contributed by atoms with van der Waals surface area (Å²) in [5, 5.41) is 11.6. The third-order valence-electron chi connectivity index (χ3n) is 3.98. The maximum absolute atomic E-state index is 11.8. The zero-order valence-electron chi connectivity index (χ0n) is 15.7. The van der Waals surface area contributed by atoms with Gasteiger partial charge in [-0.15, -0.1) is 11.3 Å². The number of rotatable bonds is 8. The largest absolute Gasteiger partial charge is 0.356 e. The van der Waals surface area contributed by atoms with Crippen LogP contribution in [0.1, 0.15) is 34.6 Å². The molecule has 6 heteroatoms. The number of benzene rings is 1. The second kappa shape index (κ2) is 10.6. The molecule has 2 aromatic rings. The van der Waals surface area contributed by atoms with E-state index in [-0.39, 0.29) is 5.91 Å². The summed E-state index contributed by atoms with van der Waals surface area (Å²) < 4.78 is 0. The lowest BCUT2D eigenvalue weighted by atomic mass is 10.1. The molecule has 0 spiro atoms. The van der Waals surface area contributed by atoms with Crippen molar-refractivity contribution in [2.24, 2.45) is 10.9 Å². The number of thiophene rings is 1. The summed E-state index contributed by atoms with van der Waals surface area (Å²) in [6.45, 7) is 6.31. The average Bonchev–Trinajstić information content (AvgIpc) is 3.15. The number of guanidine groups is 1. The SMILES string of the molecule is CCNC(=O)c1ccc(CNC(=NC)NCC(C)Cc2cccs2)cc1. The van der Waals surface area contributed by atoms with Crippen molar-refractivity contribution >= 4 is 23.2 Å². The number of aliphatic imine (C=N–C) groups is 1. The van der Waals surface area contributed by atoms with Crippen LogP contribution in [0.2, 0.25) is 0 Å². The highest BCUT2D eigenvalue weighted by molar-refractivity contribution is 7.09. The van der Waals surface area contributed by atoms with Crippen LogP contribution in [0.25, 0.3) is 0 Å². The van der Waals surface area contributed by atoms with E-state index in [1.54, 1.807) is 18.4 Å². The standard InChI is InChI=1S/C20H28N4OS/c1-4-22-19(25)17-9-7-16(8-10-17)14-24-20(21-3)23-13-15(2)12-18-6-5-11-26-18/h5-11,15H,4,12-14H2,1-3H3,(H,22,25)(H2,21,23,24). The van der Waals surface area contributed by atoms with E-state index in [1.165, 1.54) is 4.88 Å². The molecule has 140 valence electrons. The Labute approximate surface area is 159 Å². The van der Waals surface area contributed by atoms with Crippen molar-refractivity contribution in [2.45, 2.75) is 26.8 Å². The first-order valence-electron chi connectivity index (χ1n) is 8.96. The van der Waals surface area contributed by atoms with Crippen molar-refractivity contribution in [1.82, 2.24) is 16.0 Å². The van der Waals surface area contributed by atoms with E-state index in [0.717, 1.165) is 24.5 Å². The second-order valence-corrected chi connectivity index (χ2v) is 7.28. The van der Waals surface area contributed by atoms with E-state index >= 15 is 0 Å². The second-order valence-electron chi connectivity index (χ2n) is 6.25. The van der Waals surface area contributed by atoms with Gasteiger partial charge in [-0.2, -0.15) is 0 Å². The van der Waals surface area contributed by atoms with Crippen molar-refractivity contribution in [3.05, 3.63) is 57.8 Å². The topological polar surface area (TPSA) is 65.5 Å². The molecule has 2 rings (SSSR count). The van der Waals surface area contributed by atoms with Crippen molar-refractivity contribution in [2.75, 3.05) is 20.1 Å². The van der Waals surface area contributed by atoms with E-state index < -0.39 is 0 Å². The number of hydrogen-bond donors (Lipinski definition) is 3. The molecule has 0 saturated carbocycles. The summed E-state index contributed by atoms with van der Waals surface area (Å²) in [5.74, 6) is 1.28. The van der Waals surface area contributed by atoms with Crippen LogP contribution in [0.5, 0.6) is 0 Å². The summed E-state index contributed by atoms with van der Waals surface area (Å²) in [7, 11) is 1.78.